The van der Waals surface area contributed by atoms with Crippen LogP contribution in [0.3, 0.4) is 0 Å². The Morgan fingerprint density at radius 1 is 1.53 bits per heavy atom. The summed E-state index contributed by atoms with van der Waals surface area (Å²) in [6.45, 7) is 4.95. The third kappa shape index (κ3) is 2.59. The highest BCUT2D eigenvalue weighted by Gasteiger charge is 2.13. The van der Waals surface area contributed by atoms with Crippen molar-refractivity contribution >= 4 is 11.3 Å². The van der Waals surface area contributed by atoms with Crippen molar-refractivity contribution in [1.29, 1.82) is 0 Å². The van der Waals surface area contributed by atoms with Gasteiger partial charge >= 0.3 is 0 Å². The van der Waals surface area contributed by atoms with E-state index in [0.717, 1.165) is 11.6 Å². The first-order valence-corrected chi connectivity index (χ1v) is 6.28. The van der Waals surface area contributed by atoms with E-state index < -0.39 is 0 Å². The summed E-state index contributed by atoms with van der Waals surface area (Å²) in [6.07, 6.45) is 3.26. The van der Waals surface area contributed by atoms with Crippen LogP contribution in [0.5, 0.6) is 0 Å². The van der Waals surface area contributed by atoms with Crippen LogP contribution in [-0.2, 0) is 0 Å². The van der Waals surface area contributed by atoms with E-state index in [9.17, 15) is 4.79 Å². The maximum absolute atomic E-state index is 11.6. The van der Waals surface area contributed by atoms with Gasteiger partial charge in [0.05, 0.1) is 11.6 Å². The van der Waals surface area contributed by atoms with E-state index in [1.165, 1.54) is 17.4 Å². The van der Waals surface area contributed by atoms with E-state index >= 15 is 0 Å². The van der Waals surface area contributed by atoms with Crippen molar-refractivity contribution in [2.75, 3.05) is 6.54 Å². The maximum Gasteiger partial charge on any atom is 0.191 e. The number of pyridine rings is 1. The molecule has 0 radical (unpaired) electrons. The van der Waals surface area contributed by atoms with E-state index in [0.29, 0.717) is 10.6 Å². The summed E-state index contributed by atoms with van der Waals surface area (Å²) in [7, 11) is 0. The second-order valence-electron chi connectivity index (χ2n) is 3.65. The molecule has 0 amide bonds. The number of aromatic nitrogens is 3. The molecule has 2 aromatic rings. The standard InChI is InChI=1S/C11H14N4OS/c1-3-13-7(2)10-14-15-11(17-10)8-6-12-5-4-9(8)16/h4-7,13H,3H2,1-2H3,(H,12,16). The fourth-order valence-corrected chi connectivity index (χ4v) is 2.39. The molecule has 0 aromatic carbocycles. The van der Waals surface area contributed by atoms with Gasteiger partial charge in [0.1, 0.15) is 5.01 Å². The molecule has 0 fully saturated rings. The Hall–Kier alpha value is -1.53. The molecule has 2 aromatic heterocycles. The molecule has 90 valence electrons. The van der Waals surface area contributed by atoms with Crippen molar-refractivity contribution in [1.82, 2.24) is 20.5 Å². The monoisotopic (exact) mass is 250 g/mol. The third-order valence-electron chi connectivity index (χ3n) is 2.38. The topological polar surface area (TPSA) is 70.7 Å². The number of H-pyrrole nitrogens is 1. The quantitative estimate of drug-likeness (QED) is 0.864. The Bertz CT molecular complexity index is 548. The van der Waals surface area contributed by atoms with Crippen molar-refractivity contribution in [3.05, 3.63) is 33.7 Å². The molecular formula is C11H14N4OS. The highest BCUT2D eigenvalue weighted by atomic mass is 32.1. The average Bonchev–Trinajstić information content (AvgIpc) is 2.79. The summed E-state index contributed by atoms with van der Waals surface area (Å²) in [6, 6.07) is 1.65. The number of aromatic amines is 1. The largest absolute Gasteiger partial charge is 0.367 e. The molecule has 5 nitrogen and oxygen atoms in total. The maximum atomic E-state index is 11.6. The van der Waals surface area contributed by atoms with Crippen LogP contribution in [0.2, 0.25) is 0 Å². The molecule has 2 heterocycles. The molecule has 0 bridgehead atoms. The van der Waals surface area contributed by atoms with Crippen LogP contribution in [0.1, 0.15) is 24.9 Å². The smallest absolute Gasteiger partial charge is 0.191 e. The van der Waals surface area contributed by atoms with E-state index in [-0.39, 0.29) is 11.5 Å². The predicted molar refractivity (Wildman–Crippen MR) is 68.1 cm³/mol. The zero-order valence-corrected chi connectivity index (χ0v) is 10.5. The van der Waals surface area contributed by atoms with Crippen molar-refractivity contribution < 1.29 is 0 Å². The molecule has 0 aliphatic rings. The number of nitrogens with zero attached hydrogens (tertiary/aromatic N) is 2. The van der Waals surface area contributed by atoms with Crippen LogP contribution in [0.4, 0.5) is 0 Å². The molecule has 2 N–H and O–H groups in total. The first kappa shape index (κ1) is 11.9. The molecule has 0 aliphatic carbocycles. The number of hydrogen-bond donors (Lipinski definition) is 2. The summed E-state index contributed by atoms with van der Waals surface area (Å²) in [4.78, 5) is 14.5. The van der Waals surface area contributed by atoms with Gasteiger partial charge in [-0.1, -0.05) is 18.3 Å². The molecule has 17 heavy (non-hydrogen) atoms. The summed E-state index contributed by atoms with van der Waals surface area (Å²) in [5, 5.41) is 13.0. The summed E-state index contributed by atoms with van der Waals surface area (Å²) in [5.74, 6) is 0. The zero-order valence-electron chi connectivity index (χ0n) is 9.73. The van der Waals surface area contributed by atoms with Gasteiger partial charge in [0, 0.05) is 18.5 Å². The fraction of sp³-hybridized carbons (Fsp3) is 0.364. The fourth-order valence-electron chi connectivity index (χ4n) is 1.50. The molecule has 0 saturated heterocycles. The van der Waals surface area contributed by atoms with Gasteiger partial charge in [0.15, 0.2) is 10.4 Å². The van der Waals surface area contributed by atoms with Crippen molar-refractivity contribution in [3.8, 4) is 10.6 Å². The van der Waals surface area contributed by atoms with Crippen LogP contribution in [0, 0.1) is 0 Å². The molecule has 0 saturated carbocycles. The Morgan fingerprint density at radius 2 is 2.35 bits per heavy atom. The van der Waals surface area contributed by atoms with Gasteiger partial charge in [-0.25, -0.2) is 0 Å². The predicted octanol–water partition coefficient (Wildman–Crippen LogP) is 1.56. The van der Waals surface area contributed by atoms with Gasteiger partial charge in [0.2, 0.25) is 0 Å². The Kier molecular flexibility index (Phi) is 3.65. The van der Waals surface area contributed by atoms with Crippen LogP contribution in [0.15, 0.2) is 23.3 Å². The van der Waals surface area contributed by atoms with Gasteiger partial charge in [0.25, 0.3) is 0 Å². The summed E-state index contributed by atoms with van der Waals surface area (Å²) in [5.41, 5.74) is 0.530. The lowest BCUT2D eigenvalue weighted by Gasteiger charge is -2.06. The molecular weight excluding hydrogens is 236 g/mol. The molecule has 0 spiro atoms. The van der Waals surface area contributed by atoms with E-state index in [4.69, 9.17) is 0 Å². The molecule has 1 atom stereocenters. The molecule has 1 unspecified atom stereocenters. The second-order valence-corrected chi connectivity index (χ2v) is 4.66. The van der Waals surface area contributed by atoms with Crippen LogP contribution < -0.4 is 10.7 Å². The molecule has 6 heteroatoms. The lowest BCUT2D eigenvalue weighted by atomic mass is 10.3. The van der Waals surface area contributed by atoms with Gasteiger partial charge in [-0.3, -0.25) is 4.79 Å². The van der Waals surface area contributed by atoms with Gasteiger partial charge in [-0.05, 0) is 13.5 Å². The van der Waals surface area contributed by atoms with Crippen molar-refractivity contribution in [2.45, 2.75) is 19.9 Å². The second kappa shape index (κ2) is 5.20. The minimum atomic E-state index is -0.0393. The SMILES string of the molecule is CCNC(C)c1nnc(-c2c[nH]ccc2=O)s1. The summed E-state index contributed by atoms with van der Waals surface area (Å²) >= 11 is 1.44. The normalized spacial score (nSPS) is 12.6. The first-order chi connectivity index (χ1) is 8.22. The lowest BCUT2D eigenvalue weighted by molar-refractivity contribution is 0.590. The highest BCUT2D eigenvalue weighted by Crippen LogP contribution is 2.23. The molecule has 0 aliphatic heterocycles. The first-order valence-electron chi connectivity index (χ1n) is 5.46. The van der Waals surface area contributed by atoms with E-state index in [2.05, 4.69) is 20.5 Å². The van der Waals surface area contributed by atoms with E-state index in [1.54, 1.807) is 12.4 Å². The average molecular weight is 250 g/mol. The lowest BCUT2D eigenvalue weighted by Crippen LogP contribution is -2.17. The number of rotatable bonds is 4. The third-order valence-corrected chi connectivity index (χ3v) is 3.52. The van der Waals surface area contributed by atoms with Gasteiger partial charge in [-0.15, -0.1) is 10.2 Å². The number of nitrogens with one attached hydrogen (secondary N) is 2. The van der Waals surface area contributed by atoms with Gasteiger partial charge < -0.3 is 10.3 Å². The zero-order chi connectivity index (χ0) is 12.3. The van der Waals surface area contributed by atoms with Crippen molar-refractivity contribution in [3.63, 3.8) is 0 Å². The Balaban J connectivity index is 2.30. The minimum absolute atomic E-state index is 0.0393. The summed E-state index contributed by atoms with van der Waals surface area (Å²) < 4.78 is 0. The number of hydrogen-bond acceptors (Lipinski definition) is 5. The van der Waals surface area contributed by atoms with Crippen molar-refractivity contribution in [2.24, 2.45) is 0 Å². The molecule has 2 rings (SSSR count). The Morgan fingerprint density at radius 3 is 3.06 bits per heavy atom. The van der Waals surface area contributed by atoms with E-state index in [1.807, 2.05) is 13.8 Å². The Labute approximate surface area is 103 Å². The van der Waals surface area contributed by atoms with Crippen LogP contribution in [-0.4, -0.2) is 21.7 Å². The minimum Gasteiger partial charge on any atom is -0.367 e. The van der Waals surface area contributed by atoms with Crippen LogP contribution >= 0.6 is 11.3 Å². The highest BCUT2D eigenvalue weighted by molar-refractivity contribution is 7.14. The van der Waals surface area contributed by atoms with Crippen LogP contribution in [0.25, 0.3) is 10.6 Å². The van der Waals surface area contributed by atoms with Gasteiger partial charge in [-0.2, -0.15) is 0 Å².